The Balaban J connectivity index is 2.60. The molecule has 15 heavy (non-hydrogen) atoms. The standard InChI is InChI=1S/C10H21NO3S/c1-8(2)15(12,13)11-9-5-6-14-10(3,4)7-9/h8-9,11H,5-7H2,1-4H3. The van der Waals surface area contributed by atoms with Gasteiger partial charge in [-0.05, 0) is 40.5 Å². The van der Waals surface area contributed by atoms with E-state index in [9.17, 15) is 8.42 Å². The van der Waals surface area contributed by atoms with Gasteiger partial charge in [0.15, 0.2) is 0 Å². The second-order valence-corrected chi connectivity index (χ2v) is 7.28. The van der Waals surface area contributed by atoms with Gasteiger partial charge in [0.25, 0.3) is 0 Å². The molecule has 0 spiro atoms. The summed E-state index contributed by atoms with van der Waals surface area (Å²) in [5, 5.41) is -0.372. The van der Waals surface area contributed by atoms with Crippen LogP contribution in [0.3, 0.4) is 0 Å². The molecule has 0 aliphatic carbocycles. The highest BCUT2D eigenvalue weighted by molar-refractivity contribution is 7.90. The number of hydrogen-bond acceptors (Lipinski definition) is 3. The molecule has 1 unspecified atom stereocenters. The summed E-state index contributed by atoms with van der Waals surface area (Å²) in [6, 6.07) is 0.0150. The van der Waals surface area contributed by atoms with Gasteiger partial charge in [0.1, 0.15) is 0 Å². The molecule has 1 saturated heterocycles. The molecule has 1 atom stereocenters. The van der Waals surface area contributed by atoms with E-state index in [0.29, 0.717) is 6.61 Å². The zero-order chi connectivity index (χ0) is 11.7. The molecular weight excluding hydrogens is 214 g/mol. The molecule has 0 bridgehead atoms. The fourth-order valence-corrected chi connectivity index (χ4v) is 2.64. The molecule has 0 aromatic heterocycles. The van der Waals surface area contributed by atoms with Crippen molar-refractivity contribution in [2.24, 2.45) is 0 Å². The molecule has 1 N–H and O–H groups in total. The molecule has 1 fully saturated rings. The minimum absolute atomic E-state index is 0.0150. The molecule has 1 aliphatic heterocycles. The summed E-state index contributed by atoms with van der Waals surface area (Å²) in [6.07, 6.45) is 1.49. The van der Waals surface area contributed by atoms with Gasteiger partial charge in [-0.2, -0.15) is 0 Å². The fraction of sp³-hybridized carbons (Fsp3) is 1.00. The lowest BCUT2D eigenvalue weighted by atomic mass is 9.95. The van der Waals surface area contributed by atoms with Crippen molar-refractivity contribution >= 4 is 10.0 Å². The maximum Gasteiger partial charge on any atom is 0.214 e. The first-order valence-electron chi connectivity index (χ1n) is 5.38. The minimum Gasteiger partial charge on any atom is -0.375 e. The van der Waals surface area contributed by atoms with Crippen LogP contribution in [-0.2, 0) is 14.8 Å². The Kier molecular flexibility index (Phi) is 3.79. The molecule has 0 saturated carbocycles. The highest BCUT2D eigenvalue weighted by Crippen LogP contribution is 2.24. The Morgan fingerprint density at radius 2 is 2.00 bits per heavy atom. The first kappa shape index (κ1) is 12.9. The van der Waals surface area contributed by atoms with Crippen LogP contribution in [0.5, 0.6) is 0 Å². The molecule has 1 aliphatic rings. The number of ether oxygens (including phenoxy) is 1. The summed E-state index contributed by atoms with van der Waals surface area (Å²) in [4.78, 5) is 0. The lowest BCUT2D eigenvalue weighted by Gasteiger charge is -2.35. The minimum atomic E-state index is -3.15. The summed E-state index contributed by atoms with van der Waals surface area (Å²) in [5.74, 6) is 0. The Morgan fingerprint density at radius 1 is 1.40 bits per heavy atom. The van der Waals surface area contributed by atoms with E-state index in [1.807, 2.05) is 13.8 Å². The van der Waals surface area contributed by atoms with Gasteiger partial charge in [-0.1, -0.05) is 0 Å². The predicted molar refractivity (Wildman–Crippen MR) is 60.2 cm³/mol. The number of rotatable bonds is 3. The Morgan fingerprint density at radius 3 is 2.47 bits per heavy atom. The van der Waals surface area contributed by atoms with Crippen molar-refractivity contribution in [1.82, 2.24) is 4.72 Å². The maximum absolute atomic E-state index is 11.7. The van der Waals surface area contributed by atoms with E-state index in [0.717, 1.165) is 12.8 Å². The fourth-order valence-electron chi connectivity index (χ4n) is 1.70. The van der Waals surface area contributed by atoms with Crippen molar-refractivity contribution in [2.75, 3.05) is 6.61 Å². The first-order valence-corrected chi connectivity index (χ1v) is 6.93. The summed E-state index contributed by atoms with van der Waals surface area (Å²) in [5.41, 5.74) is -0.220. The van der Waals surface area contributed by atoms with Crippen LogP contribution in [0, 0.1) is 0 Å². The van der Waals surface area contributed by atoms with Crippen molar-refractivity contribution < 1.29 is 13.2 Å². The zero-order valence-corrected chi connectivity index (χ0v) is 10.7. The average molecular weight is 235 g/mol. The average Bonchev–Trinajstić information content (AvgIpc) is 2.00. The Labute approximate surface area is 92.4 Å². The van der Waals surface area contributed by atoms with Gasteiger partial charge >= 0.3 is 0 Å². The highest BCUT2D eigenvalue weighted by atomic mass is 32.2. The topological polar surface area (TPSA) is 55.4 Å². The molecule has 0 radical (unpaired) electrons. The molecule has 0 amide bonds. The largest absolute Gasteiger partial charge is 0.375 e. The van der Waals surface area contributed by atoms with Crippen LogP contribution < -0.4 is 4.72 Å². The van der Waals surface area contributed by atoms with Crippen LogP contribution >= 0.6 is 0 Å². The van der Waals surface area contributed by atoms with Crippen molar-refractivity contribution in [3.05, 3.63) is 0 Å². The number of sulfonamides is 1. The normalized spacial score (nSPS) is 26.9. The monoisotopic (exact) mass is 235 g/mol. The molecular formula is C10H21NO3S. The lowest BCUT2D eigenvalue weighted by molar-refractivity contribution is -0.0599. The zero-order valence-electron chi connectivity index (χ0n) is 9.91. The van der Waals surface area contributed by atoms with Crippen LogP contribution in [0.1, 0.15) is 40.5 Å². The lowest BCUT2D eigenvalue weighted by Crippen LogP contribution is -2.47. The van der Waals surface area contributed by atoms with Crippen LogP contribution in [0.2, 0.25) is 0 Å². The van der Waals surface area contributed by atoms with E-state index in [1.165, 1.54) is 0 Å². The van der Waals surface area contributed by atoms with Crippen molar-refractivity contribution in [3.8, 4) is 0 Å². The summed E-state index contributed by atoms with van der Waals surface area (Å²) < 4.78 is 31.6. The third kappa shape index (κ3) is 3.74. The number of nitrogens with one attached hydrogen (secondary N) is 1. The van der Waals surface area contributed by atoms with Crippen LogP contribution in [0.15, 0.2) is 0 Å². The smallest absolute Gasteiger partial charge is 0.214 e. The second kappa shape index (κ2) is 4.39. The summed E-state index contributed by atoms with van der Waals surface area (Å²) >= 11 is 0. The van der Waals surface area contributed by atoms with E-state index in [-0.39, 0.29) is 16.9 Å². The van der Waals surface area contributed by atoms with Crippen molar-refractivity contribution in [3.63, 3.8) is 0 Å². The van der Waals surface area contributed by atoms with Gasteiger partial charge in [-0.3, -0.25) is 0 Å². The van der Waals surface area contributed by atoms with E-state index < -0.39 is 10.0 Å². The van der Waals surface area contributed by atoms with Crippen LogP contribution in [0.4, 0.5) is 0 Å². The molecule has 1 rings (SSSR count). The third-order valence-electron chi connectivity index (χ3n) is 2.65. The van der Waals surface area contributed by atoms with Crippen LogP contribution in [-0.4, -0.2) is 31.9 Å². The molecule has 0 aromatic carbocycles. The van der Waals surface area contributed by atoms with E-state index in [1.54, 1.807) is 13.8 Å². The molecule has 4 nitrogen and oxygen atoms in total. The molecule has 5 heteroatoms. The van der Waals surface area contributed by atoms with E-state index in [2.05, 4.69) is 4.72 Å². The van der Waals surface area contributed by atoms with Gasteiger partial charge in [0, 0.05) is 12.6 Å². The molecule has 90 valence electrons. The summed E-state index contributed by atoms with van der Waals surface area (Å²) in [7, 11) is -3.15. The van der Waals surface area contributed by atoms with Gasteiger partial charge in [-0.25, -0.2) is 13.1 Å². The third-order valence-corrected chi connectivity index (χ3v) is 4.55. The molecule has 0 aromatic rings. The van der Waals surface area contributed by atoms with Gasteiger partial charge in [0.2, 0.25) is 10.0 Å². The SMILES string of the molecule is CC(C)S(=O)(=O)NC1CCOC(C)(C)C1. The van der Waals surface area contributed by atoms with Crippen LogP contribution in [0.25, 0.3) is 0 Å². The van der Waals surface area contributed by atoms with E-state index >= 15 is 0 Å². The van der Waals surface area contributed by atoms with E-state index in [4.69, 9.17) is 4.74 Å². The predicted octanol–water partition coefficient (Wildman–Crippen LogP) is 1.27. The van der Waals surface area contributed by atoms with Crippen molar-refractivity contribution in [2.45, 2.75) is 57.4 Å². The maximum atomic E-state index is 11.7. The Hall–Kier alpha value is -0.130. The summed E-state index contributed by atoms with van der Waals surface area (Å²) in [6.45, 7) is 7.98. The van der Waals surface area contributed by atoms with Gasteiger partial charge in [0.05, 0.1) is 10.9 Å². The van der Waals surface area contributed by atoms with Crippen molar-refractivity contribution in [1.29, 1.82) is 0 Å². The quantitative estimate of drug-likeness (QED) is 0.801. The van der Waals surface area contributed by atoms with Gasteiger partial charge in [-0.15, -0.1) is 0 Å². The molecule has 1 heterocycles. The first-order chi connectivity index (χ1) is 6.73. The number of hydrogen-bond donors (Lipinski definition) is 1. The van der Waals surface area contributed by atoms with Gasteiger partial charge < -0.3 is 4.74 Å². The second-order valence-electron chi connectivity index (χ2n) is 5.01. The highest BCUT2D eigenvalue weighted by Gasteiger charge is 2.31. The Bertz CT molecular complexity index is 309.